The zero-order valence-corrected chi connectivity index (χ0v) is 10.00. The number of benzene rings is 1. The molecule has 18 heavy (non-hydrogen) atoms. The van der Waals surface area contributed by atoms with Crippen LogP contribution >= 0.6 is 0 Å². The highest BCUT2D eigenvalue weighted by Gasteiger charge is 2.06. The van der Waals surface area contributed by atoms with Crippen molar-refractivity contribution in [2.45, 2.75) is 6.61 Å². The van der Waals surface area contributed by atoms with Crippen molar-refractivity contribution in [3.63, 3.8) is 0 Å². The molecule has 0 unspecified atom stereocenters. The fourth-order valence-corrected chi connectivity index (χ4v) is 1.48. The molecule has 0 aliphatic heterocycles. The monoisotopic (exact) mass is 243 g/mol. The minimum absolute atomic E-state index is 0.314. The lowest BCUT2D eigenvalue weighted by atomic mass is 10.2. The summed E-state index contributed by atoms with van der Waals surface area (Å²) in [7, 11) is 1.35. The van der Waals surface area contributed by atoms with Crippen molar-refractivity contribution in [2.24, 2.45) is 0 Å². The highest BCUT2D eigenvalue weighted by Crippen LogP contribution is 2.11. The first-order valence-electron chi connectivity index (χ1n) is 5.50. The highest BCUT2D eigenvalue weighted by atomic mass is 16.5. The average molecular weight is 243 g/mol. The van der Waals surface area contributed by atoms with Crippen LogP contribution in [0.15, 0.2) is 48.7 Å². The number of carbonyl (C=O) groups excluding carboxylic acids is 1. The van der Waals surface area contributed by atoms with Crippen LogP contribution in [0, 0.1) is 0 Å². The number of hydrogen-bond donors (Lipinski definition) is 0. The third-order valence-electron chi connectivity index (χ3n) is 2.37. The minimum Gasteiger partial charge on any atom is -0.487 e. The second kappa shape index (κ2) is 5.82. The maximum Gasteiger partial charge on any atom is 0.337 e. The molecule has 0 amide bonds. The molecule has 2 aromatic rings. The molecular weight excluding hydrogens is 230 g/mol. The van der Waals surface area contributed by atoms with Gasteiger partial charge in [0, 0.05) is 6.20 Å². The van der Waals surface area contributed by atoms with Crippen LogP contribution in [0.1, 0.15) is 16.1 Å². The minimum atomic E-state index is -0.377. The fraction of sp³-hybridized carbons (Fsp3) is 0.143. The smallest absolute Gasteiger partial charge is 0.337 e. The molecule has 0 aliphatic rings. The third kappa shape index (κ3) is 3.07. The normalized spacial score (nSPS) is 9.83. The molecule has 4 heteroatoms. The zero-order chi connectivity index (χ0) is 12.8. The largest absolute Gasteiger partial charge is 0.487 e. The van der Waals surface area contributed by atoms with Crippen molar-refractivity contribution in [3.8, 4) is 5.75 Å². The number of methoxy groups -OCH3 is 1. The van der Waals surface area contributed by atoms with E-state index < -0.39 is 0 Å². The first kappa shape index (κ1) is 12.1. The van der Waals surface area contributed by atoms with Gasteiger partial charge in [-0.25, -0.2) is 4.79 Å². The molecule has 92 valence electrons. The molecule has 0 bridgehead atoms. The van der Waals surface area contributed by atoms with Crippen molar-refractivity contribution in [2.75, 3.05) is 7.11 Å². The van der Waals surface area contributed by atoms with Crippen molar-refractivity contribution in [1.82, 2.24) is 4.98 Å². The summed E-state index contributed by atoms with van der Waals surface area (Å²) >= 11 is 0. The Labute approximate surface area is 105 Å². The van der Waals surface area contributed by atoms with Crippen molar-refractivity contribution in [3.05, 3.63) is 59.9 Å². The summed E-state index contributed by atoms with van der Waals surface area (Å²) in [6.07, 6.45) is 1.57. The molecular formula is C14H13NO3. The first-order valence-corrected chi connectivity index (χ1v) is 5.50. The Hall–Kier alpha value is -2.36. The zero-order valence-electron chi connectivity index (χ0n) is 10.00. The lowest BCUT2D eigenvalue weighted by Crippen LogP contribution is -2.04. The number of aromatic nitrogens is 1. The number of para-hydroxylation sites is 1. The predicted octanol–water partition coefficient (Wildman–Crippen LogP) is 2.45. The topological polar surface area (TPSA) is 48.4 Å². The van der Waals surface area contributed by atoms with E-state index in [1.54, 1.807) is 18.3 Å². The fourth-order valence-electron chi connectivity index (χ4n) is 1.48. The number of ether oxygens (including phenoxy) is 2. The Kier molecular flexibility index (Phi) is 3.91. The Morgan fingerprint density at radius 3 is 2.72 bits per heavy atom. The molecule has 1 aromatic heterocycles. The van der Waals surface area contributed by atoms with Crippen molar-refractivity contribution < 1.29 is 14.3 Å². The van der Waals surface area contributed by atoms with Gasteiger partial charge in [0.15, 0.2) is 0 Å². The van der Waals surface area contributed by atoms with Crippen molar-refractivity contribution in [1.29, 1.82) is 0 Å². The number of carbonyl (C=O) groups is 1. The molecule has 0 aliphatic carbocycles. The van der Waals surface area contributed by atoms with E-state index >= 15 is 0 Å². The number of nitrogens with zero attached hydrogens (tertiary/aromatic N) is 1. The number of esters is 1. The molecule has 0 saturated heterocycles. The van der Waals surface area contributed by atoms with Crippen LogP contribution in [-0.4, -0.2) is 18.1 Å². The van der Waals surface area contributed by atoms with Gasteiger partial charge >= 0.3 is 5.97 Å². The summed E-state index contributed by atoms with van der Waals surface area (Å²) in [5, 5.41) is 0. The molecule has 1 heterocycles. The Balaban J connectivity index is 2.04. The molecule has 0 fully saturated rings. The number of hydrogen-bond acceptors (Lipinski definition) is 4. The van der Waals surface area contributed by atoms with Crippen LogP contribution in [0.25, 0.3) is 0 Å². The molecule has 0 radical (unpaired) electrons. The molecule has 2 rings (SSSR count). The van der Waals surface area contributed by atoms with E-state index in [4.69, 9.17) is 4.74 Å². The summed E-state index contributed by atoms with van der Waals surface area (Å²) in [5.41, 5.74) is 1.15. The maximum atomic E-state index is 11.3. The summed E-state index contributed by atoms with van der Waals surface area (Å²) in [4.78, 5) is 15.5. The van der Waals surface area contributed by atoms with Gasteiger partial charge in [0.2, 0.25) is 0 Å². The second-order valence-corrected chi connectivity index (χ2v) is 3.63. The van der Waals surface area contributed by atoms with Gasteiger partial charge in [-0.05, 0) is 24.3 Å². The second-order valence-electron chi connectivity index (χ2n) is 3.63. The van der Waals surface area contributed by atoms with Gasteiger partial charge in [0.1, 0.15) is 12.4 Å². The lowest BCUT2D eigenvalue weighted by Gasteiger charge is -2.06. The lowest BCUT2D eigenvalue weighted by molar-refractivity contribution is 0.0600. The van der Waals surface area contributed by atoms with Crippen molar-refractivity contribution >= 4 is 5.97 Å². The van der Waals surface area contributed by atoms with Crippen LogP contribution < -0.4 is 4.74 Å². The summed E-state index contributed by atoms with van der Waals surface area (Å²) in [5.74, 6) is 0.390. The SMILES string of the molecule is COC(=O)c1ccnc(COc2ccccc2)c1. The van der Waals surface area contributed by atoms with E-state index in [9.17, 15) is 4.79 Å². The number of pyridine rings is 1. The van der Waals surface area contributed by atoms with Gasteiger partial charge in [-0.1, -0.05) is 18.2 Å². The first-order chi connectivity index (χ1) is 8.79. The third-order valence-corrected chi connectivity index (χ3v) is 2.37. The molecule has 1 aromatic carbocycles. The Morgan fingerprint density at radius 1 is 1.22 bits per heavy atom. The van der Waals surface area contributed by atoms with Crippen LogP contribution in [0.2, 0.25) is 0 Å². The van der Waals surface area contributed by atoms with E-state index in [1.807, 2.05) is 30.3 Å². The van der Waals surface area contributed by atoms with E-state index in [0.29, 0.717) is 17.9 Å². The molecule has 0 atom stereocenters. The van der Waals surface area contributed by atoms with E-state index in [0.717, 1.165) is 5.75 Å². The summed E-state index contributed by atoms with van der Waals surface area (Å²) in [6.45, 7) is 0.314. The van der Waals surface area contributed by atoms with Crippen LogP contribution in [0.4, 0.5) is 0 Å². The molecule has 0 saturated carbocycles. The summed E-state index contributed by atoms with van der Waals surface area (Å²) in [6, 6.07) is 12.7. The van der Waals surface area contributed by atoms with Gasteiger partial charge in [0.25, 0.3) is 0 Å². The van der Waals surface area contributed by atoms with Crippen LogP contribution in [-0.2, 0) is 11.3 Å². The average Bonchev–Trinajstić information content (AvgIpc) is 2.45. The van der Waals surface area contributed by atoms with Gasteiger partial charge in [-0.3, -0.25) is 4.98 Å². The Morgan fingerprint density at radius 2 is 2.00 bits per heavy atom. The van der Waals surface area contributed by atoms with Gasteiger partial charge in [0.05, 0.1) is 18.4 Å². The van der Waals surface area contributed by atoms with Crippen LogP contribution in [0.5, 0.6) is 5.75 Å². The van der Waals surface area contributed by atoms with Gasteiger partial charge < -0.3 is 9.47 Å². The molecule has 0 N–H and O–H groups in total. The Bertz CT molecular complexity index is 526. The molecule has 4 nitrogen and oxygen atoms in total. The molecule has 0 spiro atoms. The van der Waals surface area contributed by atoms with Crippen LogP contribution in [0.3, 0.4) is 0 Å². The quantitative estimate of drug-likeness (QED) is 0.774. The van der Waals surface area contributed by atoms with E-state index in [2.05, 4.69) is 9.72 Å². The van der Waals surface area contributed by atoms with Gasteiger partial charge in [-0.2, -0.15) is 0 Å². The number of rotatable bonds is 4. The highest BCUT2D eigenvalue weighted by molar-refractivity contribution is 5.89. The predicted molar refractivity (Wildman–Crippen MR) is 66.4 cm³/mol. The standard InChI is InChI=1S/C14H13NO3/c1-17-14(16)11-7-8-15-12(9-11)10-18-13-5-3-2-4-6-13/h2-9H,10H2,1H3. The maximum absolute atomic E-state index is 11.3. The van der Waals surface area contributed by atoms with E-state index in [1.165, 1.54) is 7.11 Å². The van der Waals surface area contributed by atoms with E-state index in [-0.39, 0.29) is 5.97 Å². The summed E-state index contributed by atoms with van der Waals surface area (Å²) < 4.78 is 10.2. The van der Waals surface area contributed by atoms with Gasteiger partial charge in [-0.15, -0.1) is 0 Å².